The molecule has 0 aromatic carbocycles. The zero-order valence-corrected chi connectivity index (χ0v) is 10.6. The maximum Gasteiger partial charge on any atom is 0.335 e. The molecule has 98 valence electrons. The second-order valence-corrected chi connectivity index (χ2v) is 3.65. The fraction of sp³-hybridized carbons (Fsp3) is 0.727. The van der Waals surface area contributed by atoms with Gasteiger partial charge in [-0.15, -0.1) is 0 Å². The number of rotatable bonds is 7. The Bertz CT molecular complexity index is 270. The van der Waals surface area contributed by atoms with Gasteiger partial charge in [0.15, 0.2) is 0 Å². The maximum atomic E-state index is 11.4. The number of carbonyl (C=O) groups excluding carboxylic acids is 1. The summed E-state index contributed by atoms with van der Waals surface area (Å²) in [5, 5.41) is 0. The molecule has 0 aliphatic carbocycles. The van der Waals surface area contributed by atoms with Crippen LogP contribution in [0.5, 0.6) is 0 Å². The molecule has 0 fully saturated rings. The van der Waals surface area contributed by atoms with E-state index in [9.17, 15) is 4.79 Å². The number of hydrogen-bond acceptors (Lipinski definition) is 6. The zero-order chi connectivity index (χ0) is 12.7. The molecule has 17 heavy (non-hydrogen) atoms. The van der Waals surface area contributed by atoms with Gasteiger partial charge in [0, 0.05) is 39.7 Å². The van der Waals surface area contributed by atoms with Gasteiger partial charge in [0.2, 0.25) is 0 Å². The molecule has 1 aliphatic rings. The lowest BCUT2D eigenvalue weighted by atomic mass is 10.6. The third-order valence-electron chi connectivity index (χ3n) is 2.32. The molecule has 0 bridgehead atoms. The van der Waals surface area contributed by atoms with Crippen LogP contribution in [0.3, 0.4) is 0 Å². The highest BCUT2D eigenvalue weighted by molar-refractivity contribution is 5.70. The van der Waals surface area contributed by atoms with Gasteiger partial charge < -0.3 is 24.0 Å². The van der Waals surface area contributed by atoms with Gasteiger partial charge in [-0.25, -0.2) is 4.79 Å². The lowest BCUT2D eigenvalue weighted by Crippen LogP contribution is -2.42. The molecular weight excluding hydrogens is 224 g/mol. The predicted octanol–water partition coefficient (Wildman–Crippen LogP) is 0.215. The van der Waals surface area contributed by atoms with Crippen LogP contribution in [0.2, 0.25) is 0 Å². The van der Waals surface area contributed by atoms with Crippen molar-refractivity contribution in [3.05, 3.63) is 12.4 Å². The van der Waals surface area contributed by atoms with Crippen LogP contribution in [0, 0.1) is 0 Å². The Morgan fingerprint density at radius 1 is 1.41 bits per heavy atom. The first-order chi connectivity index (χ1) is 8.19. The smallest absolute Gasteiger partial charge is 0.335 e. The van der Waals surface area contributed by atoms with Crippen molar-refractivity contribution in [2.24, 2.45) is 0 Å². The number of carbonyl (C=O) groups is 1. The Labute approximate surface area is 102 Å². The first-order valence-electron chi connectivity index (χ1n) is 5.61. The minimum Gasteiger partial charge on any atom is -0.421 e. The summed E-state index contributed by atoms with van der Waals surface area (Å²) in [6.07, 6.45) is 3.33. The van der Waals surface area contributed by atoms with Gasteiger partial charge in [-0.3, -0.25) is 0 Å². The standard InChI is InChI=1S/C11H20N2O4/c1-4-16-8-7-13-6-5-12(2)11(13)17-10(14)9-15-3/h5-6,11H,4,7-9H2,1-3H3. The van der Waals surface area contributed by atoms with Gasteiger partial charge in [0.05, 0.1) is 6.61 Å². The zero-order valence-electron chi connectivity index (χ0n) is 10.6. The van der Waals surface area contributed by atoms with Crippen molar-refractivity contribution in [1.82, 2.24) is 9.80 Å². The highest BCUT2D eigenvalue weighted by Crippen LogP contribution is 2.14. The first-order valence-corrected chi connectivity index (χ1v) is 5.61. The van der Waals surface area contributed by atoms with Crippen LogP contribution < -0.4 is 0 Å². The van der Waals surface area contributed by atoms with Gasteiger partial charge >= 0.3 is 5.97 Å². The molecule has 0 spiro atoms. The largest absolute Gasteiger partial charge is 0.421 e. The van der Waals surface area contributed by atoms with Crippen LogP contribution in [0.15, 0.2) is 12.4 Å². The van der Waals surface area contributed by atoms with Gasteiger partial charge in [-0.1, -0.05) is 0 Å². The lowest BCUT2D eigenvalue weighted by Gasteiger charge is -2.29. The van der Waals surface area contributed by atoms with E-state index in [4.69, 9.17) is 14.2 Å². The van der Waals surface area contributed by atoms with Crippen LogP contribution >= 0.6 is 0 Å². The maximum absolute atomic E-state index is 11.4. The molecule has 1 heterocycles. The summed E-state index contributed by atoms with van der Waals surface area (Å²) in [4.78, 5) is 15.1. The second-order valence-electron chi connectivity index (χ2n) is 3.65. The summed E-state index contributed by atoms with van der Waals surface area (Å²) < 4.78 is 15.3. The number of esters is 1. The topological polar surface area (TPSA) is 51.2 Å². The summed E-state index contributed by atoms with van der Waals surface area (Å²) in [5.41, 5.74) is 0. The summed E-state index contributed by atoms with van der Waals surface area (Å²) >= 11 is 0. The van der Waals surface area contributed by atoms with Crippen molar-refractivity contribution < 1.29 is 19.0 Å². The molecule has 0 saturated carbocycles. The third-order valence-corrected chi connectivity index (χ3v) is 2.32. The highest BCUT2D eigenvalue weighted by atomic mass is 16.6. The van der Waals surface area contributed by atoms with Crippen molar-refractivity contribution in [2.75, 3.05) is 40.5 Å². The average molecular weight is 244 g/mol. The molecule has 1 atom stereocenters. The molecular formula is C11H20N2O4. The van der Waals surface area contributed by atoms with Gasteiger partial charge in [-0.2, -0.15) is 0 Å². The summed E-state index contributed by atoms with van der Waals surface area (Å²) in [6, 6.07) is 0. The Balaban J connectivity index is 2.40. The van der Waals surface area contributed by atoms with E-state index >= 15 is 0 Å². The van der Waals surface area contributed by atoms with Crippen LogP contribution in [0.25, 0.3) is 0 Å². The van der Waals surface area contributed by atoms with Crippen molar-refractivity contribution >= 4 is 5.97 Å². The molecule has 0 saturated heterocycles. The monoisotopic (exact) mass is 244 g/mol. The normalized spacial score (nSPS) is 18.9. The van der Waals surface area contributed by atoms with Crippen LogP contribution in [-0.4, -0.2) is 62.6 Å². The Kier molecular flexibility index (Phi) is 5.79. The minimum absolute atomic E-state index is 0.0381. The Morgan fingerprint density at radius 3 is 2.82 bits per heavy atom. The molecule has 1 aliphatic heterocycles. The molecule has 0 radical (unpaired) electrons. The SMILES string of the molecule is CCOCCN1C=CN(C)C1OC(=O)COC. The van der Waals surface area contributed by atoms with Crippen molar-refractivity contribution in [3.63, 3.8) is 0 Å². The molecule has 0 aromatic rings. The minimum atomic E-state index is -0.405. The Morgan fingerprint density at radius 2 is 2.18 bits per heavy atom. The van der Waals surface area contributed by atoms with Crippen molar-refractivity contribution in [3.8, 4) is 0 Å². The summed E-state index contributed by atoms with van der Waals surface area (Å²) in [5.74, 6) is -0.380. The van der Waals surface area contributed by atoms with Crippen LogP contribution in [-0.2, 0) is 19.0 Å². The van der Waals surface area contributed by atoms with E-state index in [1.54, 1.807) is 0 Å². The van der Waals surface area contributed by atoms with E-state index in [0.717, 1.165) is 0 Å². The number of methoxy groups -OCH3 is 1. The molecule has 6 heteroatoms. The molecule has 1 rings (SSSR count). The quantitative estimate of drug-likeness (QED) is 0.471. The molecule has 1 unspecified atom stereocenters. The average Bonchev–Trinajstić information content (AvgIpc) is 2.62. The van der Waals surface area contributed by atoms with Gasteiger partial charge in [0.1, 0.15) is 6.61 Å². The fourth-order valence-corrected chi connectivity index (χ4v) is 1.49. The van der Waals surface area contributed by atoms with E-state index in [2.05, 4.69) is 0 Å². The van der Waals surface area contributed by atoms with Gasteiger partial charge in [0.25, 0.3) is 6.35 Å². The molecule has 6 nitrogen and oxygen atoms in total. The number of nitrogens with zero attached hydrogens (tertiary/aromatic N) is 2. The van der Waals surface area contributed by atoms with E-state index in [1.807, 2.05) is 36.2 Å². The van der Waals surface area contributed by atoms with Crippen LogP contribution in [0.1, 0.15) is 6.92 Å². The second kappa shape index (κ2) is 7.13. The summed E-state index contributed by atoms with van der Waals surface area (Å²) in [7, 11) is 3.31. The van der Waals surface area contributed by atoms with E-state index in [1.165, 1.54) is 7.11 Å². The molecule has 0 aromatic heterocycles. The fourth-order valence-electron chi connectivity index (χ4n) is 1.49. The van der Waals surface area contributed by atoms with Crippen LogP contribution in [0.4, 0.5) is 0 Å². The number of hydrogen-bond donors (Lipinski definition) is 0. The number of ether oxygens (including phenoxy) is 3. The van der Waals surface area contributed by atoms with Gasteiger partial charge in [-0.05, 0) is 6.92 Å². The third kappa shape index (κ3) is 4.24. The molecule has 0 amide bonds. The van der Waals surface area contributed by atoms with E-state index < -0.39 is 6.35 Å². The summed E-state index contributed by atoms with van der Waals surface area (Å²) in [6.45, 7) is 3.87. The van der Waals surface area contributed by atoms with E-state index in [-0.39, 0.29) is 12.6 Å². The van der Waals surface area contributed by atoms with E-state index in [0.29, 0.717) is 19.8 Å². The van der Waals surface area contributed by atoms with Crippen molar-refractivity contribution in [2.45, 2.75) is 13.3 Å². The first kappa shape index (κ1) is 13.8. The van der Waals surface area contributed by atoms with Crippen molar-refractivity contribution in [1.29, 1.82) is 0 Å². The lowest BCUT2D eigenvalue weighted by molar-refractivity contribution is -0.171. The molecule has 0 N–H and O–H groups in total. The Hall–Kier alpha value is -1.27. The predicted molar refractivity (Wildman–Crippen MR) is 61.9 cm³/mol. The highest BCUT2D eigenvalue weighted by Gasteiger charge is 2.26.